The van der Waals surface area contributed by atoms with Crippen LogP contribution >= 0.6 is 0 Å². The number of likely N-dealkylation sites (tertiary alicyclic amines) is 1. The quantitative estimate of drug-likeness (QED) is 0.827. The molecule has 1 heterocycles. The molecule has 1 aliphatic carbocycles. The van der Waals surface area contributed by atoms with Crippen LogP contribution in [-0.2, 0) is 9.53 Å². The number of amides is 2. The Balaban J connectivity index is 1.76. The number of rotatable bonds is 3. The van der Waals surface area contributed by atoms with Crippen LogP contribution in [0.2, 0.25) is 0 Å². The normalized spacial score (nSPS) is 25.2. The van der Waals surface area contributed by atoms with Gasteiger partial charge in [0.1, 0.15) is 0 Å². The van der Waals surface area contributed by atoms with Crippen LogP contribution in [-0.4, -0.2) is 48.2 Å². The average molecular weight is 332 g/mol. The Labute approximate surface area is 139 Å². The van der Waals surface area contributed by atoms with E-state index < -0.39 is 17.4 Å². The summed E-state index contributed by atoms with van der Waals surface area (Å²) in [7, 11) is 1.28. The molecule has 2 N–H and O–H groups in total. The van der Waals surface area contributed by atoms with Crippen LogP contribution in [0.1, 0.15) is 29.6 Å². The molecule has 3 rings (SSSR count). The molecule has 0 bridgehead atoms. The smallest absolute Gasteiger partial charge is 0.339 e. The molecule has 1 aromatic carbocycles. The Morgan fingerprint density at radius 2 is 2.08 bits per heavy atom. The molecule has 24 heavy (non-hydrogen) atoms. The third-order valence-corrected chi connectivity index (χ3v) is 5.16. The molecule has 0 radical (unpaired) electrons. The van der Waals surface area contributed by atoms with E-state index in [1.165, 1.54) is 12.0 Å². The number of para-hydroxylation sites is 1. The number of nitrogens with zero attached hydrogens (tertiary/aromatic N) is 1. The summed E-state index contributed by atoms with van der Waals surface area (Å²) in [5, 5.41) is 12.3. The fraction of sp³-hybridized carbons (Fsp3) is 0.471. The minimum Gasteiger partial charge on any atom is -0.481 e. The number of carbonyl (C=O) groups excluding carboxylic acids is 2. The molecule has 1 aliphatic heterocycles. The summed E-state index contributed by atoms with van der Waals surface area (Å²) in [6.45, 7) is 0.637. The van der Waals surface area contributed by atoms with Crippen molar-refractivity contribution >= 4 is 23.7 Å². The number of urea groups is 1. The molecule has 0 unspecified atom stereocenters. The Kier molecular flexibility index (Phi) is 4.17. The first-order chi connectivity index (χ1) is 11.5. The SMILES string of the molecule is COC(=O)c1ccccc1NC(=O)N1C[C@@H]2CCC[C@@]2(C(=O)O)C1. The molecule has 2 amide bonds. The van der Waals surface area contributed by atoms with Gasteiger partial charge in [-0.25, -0.2) is 9.59 Å². The van der Waals surface area contributed by atoms with Gasteiger partial charge in [-0.15, -0.1) is 0 Å². The monoisotopic (exact) mass is 332 g/mol. The molecular weight excluding hydrogens is 312 g/mol. The number of nitrogens with one attached hydrogen (secondary N) is 1. The van der Waals surface area contributed by atoms with Gasteiger partial charge in [0.15, 0.2) is 0 Å². The zero-order valence-electron chi connectivity index (χ0n) is 13.4. The number of benzene rings is 1. The number of carbonyl (C=O) groups is 3. The summed E-state index contributed by atoms with van der Waals surface area (Å²) in [5.41, 5.74) is -0.198. The zero-order valence-corrected chi connectivity index (χ0v) is 13.4. The van der Waals surface area contributed by atoms with E-state index in [4.69, 9.17) is 4.74 Å². The fourth-order valence-corrected chi connectivity index (χ4v) is 3.87. The van der Waals surface area contributed by atoms with Gasteiger partial charge in [-0.2, -0.15) is 0 Å². The van der Waals surface area contributed by atoms with Gasteiger partial charge < -0.3 is 20.1 Å². The number of fused-ring (bicyclic) bond motifs is 1. The summed E-state index contributed by atoms with van der Waals surface area (Å²) in [6.07, 6.45) is 2.32. The minimum absolute atomic E-state index is 0.00315. The van der Waals surface area contributed by atoms with Crippen LogP contribution in [0, 0.1) is 11.3 Å². The zero-order chi connectivity index (χ0) is 17.3. The van der Waals surface area contributed by atoms with Gasteiger partial charge in [-0.3, -0.25) is 4.79 Å². The first-order valence-electron chi connectivity index (χ1n) is 7.94. The van der Waals surface area contributed by atoms with Crippen LogP contribution in [0.25, 0.3) is 0 Å². The third-order valence-electron chi connectivity index (χ3n) is 5.16. The Morgan fingerprint density at radius 1 is 1.33 bits per heavy atom. The van der Waals surface area contributed by atoms with Gasteiger partial charge in [0.2, 0.25) is 0 Å². The second kappa shape index (κ2) is 6.14. The van der Waals surface area contributed by atoms with Crippen LogP contribution in [0.15, 0.2) is 24.3 Å². The largest absolute Gasteiger partial charge is 0.481 e. The van der Waals surface area contributed by atoms with Gasteiger partial charge in [0.05, 0.1) is 23.8 Å². The number of anilines is 1. The molecule has 7 heteroatoms. The maximum absolute atomic E-state index is 12.5. The lowest BCUT2D eigenvalue weighted by molar-refractivity contribution is -0.149. The highest BCUT2D eigenvalue weighted by Crippen LogP contribution is 2.48. The minimum atomic E-state index is -0.824. The number of methoxy groups -OCH3 is 1. The van der Waals surface area contributed by atoms with Gasteiger partial charge in [-0.05, 0) is 30.9 Å². The summed E-state index contributed by atoms with van der Waals surface area (Å²) in [4.78, 5) is 37.5. The van der Waals surface area contributed by atoms with Gasteiger partial charge >= 0.3 is 18.0 Å². The van der Waals surface area contributed by atoms with E-state index in [1.807, 2.05) is 0 Å². The van der Waals surface area contributed by atoms with Gasteiger partial charge in [-0.1, -0.05) is 18.6 Å². The van der Waals surface area contributed by atoms with E-state index in [2.05, 4.69) is 5.32 Å². The van der Waals surface area contributed by atoms with E-state index in [1.54, 1.807) is 24.3 Å². The molecule has 1 saturated carbocycles. The van der Waals surface area contributed by atoms with E-state index >= 15 is 0 Å². The number of ether oxygens (including phenoxy) is 1. The maximum Gasteiger partial charge on any atom is 0.339 e. The molecular formula is C17H20N2O5. The molecule has 1 aromatic rings. The lowest BCUT2D eigenvalue weighted by atomic mass is 9.81. The fourth-order valence-electron chi connectivity index (χ4n) is 3.87. The lowest BCUT2D eigenvalue weighted by Gasteiger charge is -2.23. The molecule has 128 valence electrons. The number of carboxylic acids is 1. The van der Waals surface area contributed by atoms with Crippen LogP contribution < -0.4 is 5.32 Å². The van der Waals surface area contributed by atoms with Crippen molar-refractivity contribution in [3.05, 3.63) is 29.8 Å². The van der Waals surface area contributed by atoms with E-state index in [0.29, 0.717) is 18.7 Å². The van der Waals surface area contributed by atoms with Crippen molar-refractivity contribution in [3.8, 4) is 0 Å². The highest BCUT2D eigenvalue weighted by atomic mass is 16.5. The molecule has 1 saturated heterocycles. The molecule has 2 fully saturated rings. The Morgan fingerprint density at radius 3 is 2.75 bits per heavy atom. The van der Waals surface area contributed by atoms with Crippen LogP contribution in [0.5, 0.6) is 0 Å². The highest BCUT2D eigenvalue weighted by Gasteiger charge is 2.55. The first-order valence-corrected chi connectivity index (χ1v) is 7.94. The van der Waals surface area contributed by atoms with Crippen molar-refractivity contribution in [2.75, 3.05) is 25.5 Å². The number of hydrogen-bond donors (Lipinski definition) is 2. The van der Waals surface area contributed by atoms with Crippen molar-refractivity contribution in [1.29, 1.82) is 0 Å². The maximum atomic E-state index is 12.5. The number of carboxylic acid groups (broad SMARTS) is 1. The average Bonchev–Trinajstić information content (AvgIpc) is 3.13. The van der Waals surface area contributed by atoms with E-state index in [9.17, 15) is 19.5 Å². The van der Waals surface area contributed by atoms with Crippen molar-refractivity contribution in [2.45, 2.75) is 19.3 Å². The van der Waals surface area contributed by atoms with Crippen molar-refractivity contribution in [2.24, 2.45) is 11.3 Å². The standard InChI is InChI=1S/C17H20N2O5/c1-24-14(20)12-6-2-3-7-13(12)18-16(23)19-9-11-5-4-8-17(11,10-19)15(21)22/h2-3,6-7,11H,4-5,8-10H2,1H3,(H,18,23)(H,21,22)/t11-,17+/m0/s1. The molecule has 7 nitrogen and oxygen atoms in total. The first kappa shape index (κ1) is 16.3. The van der Waals surface area contributed by atoms with Crippen molar-refractivity contribution in [1.82, 2.24) is 4.90 Å². The van der Waals surface area contributed by atoms with E-state index in [-0.39, 0.29) is 24.1 Å². The predicted molar refractivity (Wildman–Crippen MR) is 85.8 cm³/mol. The summed E-state index contributed by atoms with van der Waals surface area (Å²) in [5.74, 6) is -1.36. The number of hydrogen-bond acceptors (Lipinski definition) is 4. The Bertz CT molecular complexity index is 689. The number of esters is 1. The third kappa shape index (κ3) is 2.60. The van der Waals surface area contributed by atoms with Gasteiger partial charge in [0, 0.05) is 13.1 Å². The van der Waals surface area contributed by atoms with Crippen molar-refractivity contribution in [3.63, 3.8) is 0 Å². The summed E-state index contributed by atoms with van der Waals surface area (Å²) < 4.78 is 4.71. The van der Waals surface area contributed by atoms with Crippen molar-refractivity contribution < 1.29 is 24.2 Å². The second-order valence-corrected chi connectivity index (χ2v) is 6.40. The molecule has 0 aromatic heterocycles. The topological polar surface area (TPSA) is 95.9 Å². The van der Waals surface area contributed by atoms with Gasteiger partial charge in [0.25, 0.3) is 0 Å². The predicted octanol–water partition coefficient (Wildman–Crippen LogP) is 2.19. The number of aliphatic carboxylic acids is 1. The lowest BCUT2D eigenvalue weighted by Crippen LogP contribution is -2.38. The highest BCUT2D eigenvalue weighted by molar-refractivity contribution is 6.01. The Hall–Kier alpha value is -2.57. The summed E-state index contributed by atoms with van der Waals surface area (Å²) >= 11 is 0. The summed E-state index contributed by atoms with van der Waals surface area (Å²) in [6, 6.07) is 6.19. The molecule has 0 spiro atoms. The van der Waals surface area contributed by atoms with Crippen LogP contribution in [0.3, 0.4) is 0 Å². The van der Waals surface area contributed by atoms with E-state index in [0.717, 1.165) is 12.8 Å². The molecule has 2 atom stereocenters. The molecule has 2 aliphatic rings. The second-order valence-electron chi connectivity index (χ2n) is 6.40. The van der Waals surface area contributed by atoms with Crippen LogP contribution in [0.4, 0.5) is 10.5 Å².